The van der Waals surface area contributed by atoms with E-state index >= 15 is 4.79 Å². The highest BCUT2D eigenvalue weighted by Crippen LogP contribution is 2.54. The van der Waals surface area contributed by atoms with Gasteiger partial charge in [0.15, 0.2) is 0 Å². The Labute approximate surface area is 491 Å². The van der Waals surface area contributed by atoms with Gasteiger partial charge in [-0.1, -0.05) is 32.9 Å². The van der Waals surface area contributed by atoms with E-state index in [0.29, 0.717) is 71.9 Å². The molecule has 442 valence electrons. The molecule has 2 N–H and O–H groups in total. The molecule has 83 heavy (non-hydrogen) atoms. The summed E-state index contributed by atoms with van der Waals surface area (Å²) in [5.74, 6) is -1.14. The van der Waals surface area contributed by atoms with Gasteiger partial charge in [0, 0.05) is 141 Å². The van der Waals surface area contributed by atoms with Gasteiger partial charge in [0.25, 0.3) is 5.91 Å². The Balaban J connectivity index is 0.903. The molecule has 3 aliphatic carbocycles. The molecule has 3 saturated carbocycles. The molecule has 4 aromatic heterocycles. The molecule has 5 aromatic rings. The van der Waals surface area contributed by atoms with E-state index < -0.39 is 23.0 Å². The van der Waals surface area contributed by atoms with Crippen molar-refractivity contribution in [2.45, 2.75) is 140 Å². The number of hydrazine groups is 1. The number of amides is 2. The maximum absolute atomic E-state index is 15.6. The summed E-state index contributed by atoms with van der Waals surface area (Å²) < 4.78 is 33.9. The molecule has 10 aliphatic rings. The second-order valence-corrected chi connectivity index (χ2v) is 28.4. The number of ether oxygens (including phenoxy) is 5. The van der Waals surface area contributed by atoms with Crippen LogP contribution in [0.4, 0.5) is 5.69 Å². The third-order valence-electron chi connectivity index (χ3n) is 20.0. The number of piperazine rings is 1. The minimum absolute atomic E-state index is 0.00882. The third kappa shape index (κ3) is 10.4. The molecule has 2 spiro atoms. The number of esters is 1. The van der Waals surface area contributed by atoms with Crippen molar-refractivity contribution in [3.63, 3.8) is 0 Å². The Morgan fingerprint density at radius 2 is 1.77 bits per heavy atom. The second-order valence-electron chi connectivity index (χ2n) is 27.5. The zero-order valence-electron chi connectivity index (χ0n) is 49.4. The molecule has 6 saturated heterocycles. The van der Waals surface area contributed by atoms with Crippen LogP contribution in [0.2, 0.25) is 0 Å². The van der Waals surface area contributed by atoms with Crippen molar-refractivity contribution in [3.8, 4) is 22.5 Å². The third-order valence-corrected chi connectivity index (χ3v) is 21.0. The summed E-state index contributed by atoms with van der Waals surface area (Å²) >= 11 is 1.53. The molecular weight excluding hydrogens is 1070 g/mol. The molecule has 11 heterocycles. The molecule has 0 radical (unpaired) electrons. The quantitative estimate of drug-likeness (QED) is 0.110. The molecule has 7 bridgehead atoms. The van der Waals surface area contributed by atoms with E-state index in [1.807, 2.05) is 24.4 Å². The Bertz CT molecular complexity index is 3280. The van der Waals surface area contributed by atoms with Crippen molar-refractivity contribution in [1.29, 1.82) is 0 Å². The van der Waals surface area contributed by atoms with E-state index in [1.54, 1.807) is 18.3 Å². The first-order valence-electron chi connectivity index (χ1n) is 30.7. The number of benzene rings is 1. The molecular formula is C64H82N10O8S. The molecule has 9 fully saturated rings. The highest BCUT2D eigenvalue weighted by Gasteiger charge is 2.61. The van der Waals surface area contributed by atoms with Gasteiger partial charge in [0.05, 0.1) is 79.2 Å². The molecule has 1 aromatic carbocycles. The summed E-state index contributed by atoms with van der Waals surface area (Å²) in [6.45, 7) is 21.7. The van der Waals surface area contributed by atoms with Gasteiger partial charge in [-0.2, -0.15) is 0 Å². The summed E-state index contributed by atoms with van der Waals surface area (Å²) in [6.07, 6.45) is 9.46. The van der Waals surface area contributed by atoms with Gasteiger partial charge >= 0.3 is 5.97 Å². The zero-order valence-corrected chi connectivity index (χ0v) is 50.2. The molecule has 15 rings (SSSR count). The number of rotatable bonds is 13. The predicted octanol–water partition coefficient (Wildman–Crippen LogP) is 7.72. The lowest BCUT2D eigenvalue weighted by Crippen LogP contribution is -2.76. The van der Waals surface area contributed by atoms with Gasteiger partial charge in [-0.05, 0) is 107 Å². The van der Waals surface area contributed by atoms with Gasteiger partial charge < -0.3 is 38.5 Å². The first-order chi connectivity index (χ1) is 40.0. The fraction of sp³-hybridized carbons (Fsp3) is 0.625. The number of hydrogen-bond donors (Lipinski definition) is 2. The van der Waals surface area contributed by atoms with Gasteiger partial charge in [-0.25, -0.2) is 15.2 Å². The van der Waals surface area contributed by atoms with E-state index in [1.165, 1.54) is 24.2 Å². The summed E-state index contributed by atoms with van der Waals surface area (Å²) in [5, 5.41) is 8.90. The maximum Gasteiger partial charge on any atom is 0.328 e. The van der Waals surface area contributed by atoms with Crippen molar-refractivity contribution >= 4 is 45.7 Å². The SMILES string of the molecule is CO[C@@H](C)c1ncc(N2CCN(C3CC3)CC2)cc1-c1c2c3cc(ccc3n1CCO[C@H]1CCOC(C)(C)C1)-c1csc(n1)[C@@H](N1CC3(COC3)C1)[C@H](NC(=O)[C@@H]1[C@@H](C)[C@H]1c1ccccn1)C(=O)N1CC3CC(C3)(N1)C(=O)OCC(C)(C)C2. The van der Waals surface area contributed by atoms with Crippen molar-refractivity contribution < 1.29 is 38.1 Å². The average molecular weight is 1150 g/mol. The average Bonchev–Trinajstić information content (AvgIpc) is 3.64. The first kappa shape index (κ1) is 55.5. The standard InChI is InChI=1S/C64H82N10O8S/c1-38-51(48-10-8-9-16-65-48)52(38)57(75)68-54-56(72-33-63(34-72)36-79-37-63)58-67-49(32-83-58)41-11-14-50-45(24-41)47(29-61(3,4)35-81-60(77)64-26-40(27-64)31-74(69-64)59(54)76)55(73(50)21-23-80-44-15-22-82-62(5,6)28-44)46-25-43(30-66-53(46)39(2)78-7)71-19-17-70(18-20-71)42-12-13-42/h8-11,14,16,24-25,30,32,38-40,42,44,51-52,54,56,69H,12-13,15,17-23,26-29,31,33-37H2,1-7H3,(H,68,75)/t38-,39-,40?,44-,51-,52+,54-,56-,64?/m0/s1. The van der Waals surface area contributed by atoms with Crippen LogP contribution in [-0.4, -0.2) is 167 Å². The van der Waals surface area contributed by atoms with E-state index in [9.17, 15) is 9.59 Å². The van der Waals surface area contributed by atoms with Crippen LogP contribution in [0.25, 0.3) is 33.4 Å². The largest absolute Gasteiger partial charge is 0.464 e. The molecule has 2 amide bonds. The fourth-order valence-electron chi connectivity index (χ4n) is 15.2. The maximum atomic E-state index is 15.6. The van der Waals surface area contributed by atoms with E-state index in [-0.39, 0.29) is 71.3 Å². The van der Waals surface area contributed by atoms with Crippen LogP contribution in [0.1, 0.15) is 120 Å². The van der Waals surface area contributed by atoms with Crippen molar-refractivity contribution in [1.82, 2.24) is 45.1 Å². The van der Waals surface area contributed by atoms with Crippen LogP contribution in [-0.2, 0) is 51.0 Å². The van der Waals surface area contributed by atoms with Crippen LogP contribution in [0.5, 0.6) is 0 Å². The number of pyridine rings is 2. The van der Waals surface area contributed by atoms with E-state index in [4.69, 9.17) is 33.7 Å². The number of anilines is 1. The number of fused-ring (bicyclic) bond motifs is 4. The highest BCUT2D eigenvalue weighted by molar-refractivity contribution is 7.10. The van der Waals surface area contributed by atoms with Crippen LogP contribution in [0.15, 0.2) is 60.2 Å². The number of carbonyl (C=O) groups excluding carboxylic acids is 3. The Morgan fingerprint density at radius 3 is 2.49 bits per heavy atom. The smallest absolute Gasteiger partial charge is 0.328 e. The summed E-state index contributed by atoms with van der Waals surface area (Å²) in [5.41, 5.74) is 10.3. The Kier molecular flexibility index (Phi) is 14.2. The number of thiazole rings is 1. The minimum atomic E-state index is -1.09. The lowest BCUT2D eigenvalue weighted by Gasteiger charge is -2.58. The topological polar surface area (TPSA) is 178 Å². The van der Waals surface area contributed by atoms with Crippen molar-refractivity contribution in [2.24, 2.45) is 28.6 Å². The predicted molar refractivity (Wildman–Crippen MR) is 315 cm³/mol. The highest BCUT2D eigenvalue weighted by atomic mass is 32.1. The first-order valence-corrected chi connectivity index (χ1v) is 31.5. The number of aromatic nitrogens is 4. The summed E-state index contributed by atoms with van der Waals surface area (Å²) in [6, 6.07) is 13.9. The zero-order chi connectivity index (χ0) is 57.2. The van der Waals surface area contributed by atoms with E-state index in [0.717, 1.165) is 106 Å². The Hall–Kier alpha value is -5.38. The number of hydrogen-bond acceptors (Lipinski definition) is 16. The molecule has 18 nitrogen and oxygen atoms in total. The lowest BCUT2D eigenvalue weighted by molar-refractivity contribution is -0.204. The number of nitrogens with zero attached hydrogens (tertiary/aromatic N) is 8. The van der Waals surface area contributed by atoms with E-state index in [2.05, 4.69) is 106 Å². The van der Waals surface area contributed by atoms with Crippen molar-refractivity contribution in [2.75, 3.05) is 90.9 Å². The van der Waals surface area contributed by atoms with Crippen LogP contribution in [0, 0.1) is 28.6 Å². The monoisotopic (exact) mass is 1150 g/mol. The number of carbonyl (C=O) groups is 3. The number of methoxy groups -OCH3 is 1. The summed E-state index contributed by atoms with van der Waals surface area (Å²) in [4.78, 5) is 68.3. The molecule has 7 aliphatic heterocycles. The lowest BCUT2D eigenvalue weighted by atomic mass is 9.66. The normalized spacial score (nSPS) is 30.7. The van der Waals surface area contributed by atoms with Crippen molar-refractivity contribution in [3.05, 3.63) is 82.2 Å². The van der Waals surface area contributed by atoms with Gasteiger partial charge in [-0.15, -0.1) is 11.3 Å². The summed E-state index contributed by atoms with van der Waals surface area (Å²) in [7, 11) is 1.75. The minimum Gasteiger partial charge on any atom is -0.464 e. The van der Waals surface area contributed by atoms with Crippen LogP contribution < -0.4 is 15.6 Å². The van der Waals surface area contributed by atoms with Gasteiger partial charge in [0.2, 0.25) is 5.91 Å². The molecule has 19 heteroatoms. The Morgan fingerprint density at radius 1 is 0.964 bits per heavy atom. The number of likely N-dealkylation sites (tertiary alicyclic amines) is 1. The fourth-order valence-corrected chi connectivity index (χ4v) is 16.2. The second kappa shape index (κ2) is 21.2. The number of nitrogens with one attached hydrogen (secondary N) is 2. The number of cyclic esters (lactones) is 1. The molecule has 7 atom stereocenters. The van der Waals surface area contributed by atoms with Gasteiger partial charge in [0.1, 0.15) is 16.6 Å². The van der Waals surface area contributed by atoms with Gasteiger partial charge in [-0.3, -0.25) is 34.4 Å². The molecule has 0 unspecified atom stereocenters. The van der Waals surface area contributed by atoms with Crippen LogP contribution >= 0.6 is 11.3 Å². The van der Waals surface area contributed by atoms with Crippen LogP contribution in [0.3, 0.4) is 0 Å².